The first kappa shape index (κ1) is 19.8. The van der Waals surface area contributed by atoms with Crippen LogP contribution in [0.25, 0.3) is 10.4 Å². The molecule has 0 bridgehead atoms. The van der Waals surface area contributed by atoms with Gasteiger partial charge in [0.15, 0.2) is 0 Å². The van der Waals surface area contributed by atoms with Crippen LogP contribution >= 0.6 is 27.3 Å². The Morgan fingerprint density at radius 2 is 1.79 bits per heavy atom. The highest BCUT2D eigenvalue weighted by atomic mass is 79.9. The van der Waals surface area contributed by atoms with Crippen LogP contribution in [0, 0.1) is 5.92 Å². The lowest BCUT2D eigenvalue weighted by Gasteiger charge is -2.31. The van der Waals surface area contributed by atoms with Gasteiger partial charge in [-0.15, -0.1) is 11.3 Å². The van der Waals surface area contributed by atoms with E-state index < -0.39 is 0 Å². The Morgan fingerprint density at radius 1 is 1.03 bits per heavy atom. The second-order valence-corrected chi connectivity index (χ2v) is 8.94. The first-order valence-corrected chi connectivity index (χ1v) is 11.1. The molecule has 7 heteroatoms. The number of thiophene rings is 1. The Kier molecular flexibility index (Phi) is 6.06. The summed E-state index contributed by atoms with van der Waals surface area (Å²) in [4.78, 5) is 33.1. The molecule has 1 saturated heterocycles. The van der Waals surface area contributed by atoms with Gasteiger partial charge in [-0.2, -0.15) is 0 Å². The van der Waals surface area contributed by atoms with E-state index in [2.05, 4.69) is 26.2 Å². The van der Waals surface area contributed by atoms with E-state index in [9.17, 15) is 9.59 Å². The zero-order chi connectivity index (χ0) is 20.2. The summed E-state index contributed by atoms with van der Waals surface area (Å²) in [5.74, 6) is 0.490. The van der Waals surface area contributed by atoms with Crippen LogP contribution in [0.3, 0.4) is 0 Å². The van der Waals surface area contributed by atoms with Gasteiger partial charge < -0.3 is 10.2 Å². The molecule has 3 heterocycles. The van der Waals surface area contributed by atoms with E-state index in [1.807, 2.05) is 53.4 Å². The molecule has 4 rings (SSSR count). The molecule has 0 unspecified atom stereocenters. The number of rotatable bonds is 4. The third-order valence-corrected chi connectivity index (χ3v) is 6.67. The van der Waals surface area contributed by atoms with Gasteiger partial charge in [-0.05, 0) is 54.8 Å². The Bertz CT molecular complexity index is 996. The van der Waals surface area contributed by atoms with Gasteiger partial charge in [0.1, 0.15) is 5.82 Å². The lowest BCUT2D eigenvalue weighted by atomic mass is 9.96. The maximum Gasteiger partial charge on any atom is 0.263 e. The van der Waals surface area contributed by atoms with Crippen LogP contribution in [0.4, 0.5) is 5.82 Å². The average molecular weight is 470 g/mol. The number of nitrogens with zero attached hydrogens (tertiary/aromatic N) is 2. The molecule has 29 heavy (non-hydrogen) atoms. The van der Waals surface area contributed by atoms with Gasteiger partial charge in [0.25, 0.3) is 5.91 Å². The predicted molar refractivity (Wildman–Crippen MR) is 119 cm³/mol. The molecule has 148 valence electrons. The van der Waals surface area contributed by atoms with Crippen LogP contribution in [-0.4, -0.2) is 34.8 Å². The van der Waals surface area contributed by atoms with Crippen LogP contribution in [0.5, 0.6) is 0 Å². The van der Waals surface area contributed by atoms with Gasteiger partial charge in [-0.25, -0.2) is 4.98 Å². The number of aromatic nitrogens is 1. The molecule has 0 atom stereocenters. The van der Waals surface area contributed by atoms with Crippen molar-refractivity contribution >= 4 is 44.9 Å². The number of halogens is 1. The van der Waals surface area contributed by atoms with Gasteiger partial charge in [0.2, 0.25) is 5.91 Å². The van der Waals surface area contributed by atoms with Crippen LogP contribution < -0.4 is 5.32 Å². The maximum absolute atomic E-state index is 12.9. The molecule has 1 N–H and O–H groups in total. The predicted octanol–water partition coefficient (Wildman–Crippen LogP) is 5.06. The van der Waals surface area contributed by atoms with Crippen LogP contribution in [0.15, 0.2) is 65.3 Å². The summed E-state index contributed by atoms with van der Waals surface area (Å²) in [6, 6.07) is 17.4. The van der Waals surface area contributed by atoms with Crippen LogP contribution in [-0.2, 0) is 4.79 Å². The minimum absolute atomic E-state index is 0.0237. The molecule has 1 aromatic carbocycles. The molecule has 2 aromatic heterocycles. The van der Waals surface area contributed by atoms with Gasteiger partial charge in [0.05, 0.1) is 4.88 Å². The molecular weight excluding hydrogens is 450 g/mol. The minimum Gasteiger partial charge on any atom is -0.338 e. The highest BCUT2D eigenvalue weighted by Gasteiger charge is 2.28. The Hall–Kier alpha value is -2.51. The minimum atomic E-state index is -0.0947. The van der Waals surface area contributed by atoms with E-state index in [1.165, 1.54) is 11.3 Å². The largest absolute Gasteiger partial charge is 0.338 e. The molecule has 1 fully saturated rings. The summed E-state index contributed by atoms with van der Waals surface area (Å²) in [7, 11) is 0. The van der Waals surface area contributed by atoms with Crippen LogP contribution in [0.1, 0.15) is 22.5 Å². The van der Waals surface area contributed by atoms with E-state index in [4.69, 9.17) is 0 Å². The van der Waals surface area contributed by atoms with Crippen LogP contribution in [0.2, 0.25) is 0 Å². The van der Waals surface area contributed by atoms with Crippen molar-refractivity contribution in [3.8, 4) is 10.4 Å². The molecule has 0 saturated carbocycles. The normalized spacial score (nSPS) is 14.6. The fourth-order valence-corrected chi connectivity index (χ4v) is 4.63. The smallest absolute Gasteiger partial charge is 0.263 e. The standard InChI is InChI=1S/C22H20BrN3O2S/c23-17-6-4-15(5-7-17)18-8-9-19(29-18)22(28)26-13-10-16(11-14-26)21(27)25-20-3-1-2-12-24-20/h1-9,12,16H,10-11,13-14H2,(H,24,25,27). The molecule has 0 radical (unpaired) electrons. The number of piperidine rings is 1. The van der Waals surface area contributed by atoms with E-state index in [0.717, 1.165) is 19.8 Å². The first-order chi connectivity index (χ1) is 14.1. The number of pyridine rings is 1. The molecule has 1 aliphatic heterocycles. The summed E-state index contributed by atoms with van der Waals surface area (Å²) >= 11 is 4.95. The molecule has 3 aromatic rings. The second-order valence-electron chi connectivity index (χ2n) is 6.94. The zero-order valence-electron chi connectivity index (χ0n) is 15.7. The number of likely N-dealkylation sites (tertiary alicyclic amines) is 1. The van der Waals surface area contributed by atoms with E-state index >= 15 is 0 Å². The summed E-state index contributed by atoms with van der Waals surface area (Å²) in [5, 5.41) is 2.86. The SMILES string of the molecule is O=C(Nc1ccccn1)C1CCN(C(=O)c2ccc(-c3ccc(Br)cc3)s2)CC1. The number of benzene rings is 1. The number of carbonyl (C=O) groups is 2. The third kappa shape index (κ3) is 4.74. The number of amides is 2. The van der Waals surface area contributed by atoms with E-state index in [-0.39, 0.29) is 17.7 Å². The van der Waals surface area contributed by atoms with Gasteiger partial charge >= 0.3 is 0 Å². The molecule has 0 spiro atoms. The lowest BCUT2D eigenvalue weighted by Crippen LogP contribution is -2.41. The average Bonchev–Trinajstić information content (AvgIpc) is 3.25. The highest BCUT2D eigenvalue weighted by Crippen LogP contribution is 2.30. The number of anilines is 1. The third-order valence-electron chi connectivity index (χ3n) is 5.01. The maximum atomic E-state index is 12.9. The Labute approximate surface area is 181 Å². The molecule has 5 nitrogen and oxygen atoms in total. The number of hydrogen-bond donors (Lipinski definition) is 1. The quantitative estimate of drug-likeness (QED) is 0.580. The number of nitrogens with one attached hydrogen (secondary N) is 1. The molecule has 2 amide bonds. The van der Waals surface area contributed by atoms with Crippen molar-refractivity contribution < 1.29 is 9.59 Å². The summed E-state index contributed by atoms with van der Waals surface area (Å²) < 4.78 is 1.03. The highest BCUT2D eigenvalue weighted by molar-refractivity contribution is 9.10. The van der Waals surface area contributed by atoms with Crippen molar-refractivity contribution in [2.24, 2.45) is 5.92 Å². The fraction of sp³-hybridized carbons (Fsp3) is 0.227. The number of carbonyl (C=O) groups excluding carboxylic acids is 2. The van der Waals surface area contributed by atoms with Crippen molar-refractivity contribution in [2.75, 3.05) is 18.4 Å². The lowest BCUT2D eigenvalue weighted by molar-refractivity contribution is -0.121. The summed E-state index contributed by atoms with van der Waals surface area (Å²) in [5.41, 5.74) is 1.10. The monoisotopic (exact) mass is 469 g/mol. The Balaban J connectivity index is 1.34. The summed E-state index contributed by atoms with van der Waals surface area (Å²) in [6.45, 7) is 1.18. The van der Waals surface area contributed by atoms with Gasteiger partial charge in [-0.3, -0.25) is 9.59 Å². The number of hydrogen-bond acceptors (Lipinski definition) is 4. The van der Waals surface area contributed by atoms with Crippen molar-refractivity contribution in [1.29, 1.82) is 0 Å². The first-order valence-electron chi connectivity index (χ1n) is 9.47. The molecule has 1 aliphatic rings. The molecular formula is C22H20BrN3O2S. The van der Waals surface area contributed by atoms with E-state index in [1.54, 1.807) is 12.3 Å². The van der Waals surface area contributed by atoms with E-state index in [0.29, 0.717) is 31.7 Å². The van der Waals surface area contributed by atoms with Gasteiger partial charge in [-0.1, -0.05) is 34.1 Å². The molecule has 0 aliphatic carbocycles. The summed E-state index contributed by atoms with van der Waals surface area (Å²) in [6.07, 6.45) is 2.98. The van der Waals surface area contributed by atoms with Crippen molar-refractivity contribution in [1.82, 2.24) is 9.88 Å². The Morgan fingerprint density at radius 3 is 2.48 bits per heavy atom. The second kappa shape index (κ2) is 8.88. The van der Waals surface area contributed by atoms with Crippen molar-refractivity contribution in [3.05, 3.63) is 70.1 Å². The van der Waals surface area contributed by atoms with Crippen molar-refractivity contribution in [3.63, 3.8) is 0 Å². The van der Waals surface area contributed by atoms with Gasteiger partial charge in [0, 0.05) is 34.6 Å². The topological polar surface area (TPSA) is 62.3 Å². The van der Waals surface area contributed by atoms with Crippen molar-refractivity contribution in [2.45, 2.75) is 12.8 Å². The zero-order valence-corrected chi connectivity index (χ0v) is 18.1. The fourth-order valence-electron chi connectivity index (χ4n) is 3.39.